The molecule has 0 N–H and O–H groups in total. The molecule has 0 unspecified atom stereocenters. The van der Waals surface area contributed by atoms with Crippen LogP contribution in [0.3, 0.4) is 0 Å². The van der Waals surface area contributed by atoms with Crippen molar-refractivity contribution in [2.45, 2.75) is 38.9 Å². The Morgan fingerprint density at radius 3 is 1.22 bits per heavy atom. The van der Waals surface area contributed by atoms with Crippen molar-refractivity contribution in [3.63, 3.8) is 0 Å². The SMILES string of the molecule is CC(C)(C)[Si](C)(C)[Si-].[Li+]. The van der Waals surface area contributed by atoms with Gasteiger partial charge in [0.05, 0.1) is 0 Å². The zero-order valence-electron chi connectivity index (χ0n) is 7.50. The minimum Gasteiger partial charge on any atom is -0.671 e. The molecular weight excluding hydrogens is 135 g/mol. The van der Waals surface area contributed by atoms with E-state index in [1.54, 1.807) is 0 Å². The van der Waals surface area contributed by atoms with Crippen LogP contribution in [-0.2, 0) is 0 Å². The Hall–Kier alpha value is 1.03. The summed E-state index contributed by atoms with van der Waals surface area (Å²) in [4.78, 5) is 0. The molecule has 0 amide bonds. The molecular formula is C6H15LiSi2. The van der Waals surface area contributed by atoms with Crippen molar-refractivity contribution in [3.8, 4) is 0 Å². The second-order valence-corrected chi connectivity index (χ2v) is 12.4. The zero-order chi connectivity index (χ0) is 7.00. The quantitative estimate of drug-likeness (QED) is 0.395. The first-order valence-corrected chi connectivity index (χ1v) is 7.50. The summed E-state index contributed by atoms with van der Waals surface area (Å²) in [5.41, 5.74) is 0. The van der Waals surface area contributed by atoms with Gasteiger partial charge in [-0.2, -0.15) is 7.59 Å². The summed E-state index contributed by atoms with van der Waals surface area (Å²) in [6.07, 6.45) is 0. The molecule has 0 aromatic heterocycles. The van der Waals surface area contributed by atoms with E-state index in [-0.39, 0.29) is 18.9 Å². The summed E-state index contributed by atoms with van der Waals surface area (Å²) in [6, 6.07) is 0. The minimum absolute atomic E-state index is 0. The molecule has 0 fully saturated rings. The van der Waals surface area contributed by atoms with Crippen LogP contribution in [0.4, 0.5) is 0 Å². The molecule has 0 aliphatic heterocycles. The molecule has 9 heavy (non-hydrogen) atoms. The van der Waals surface area contributed by atoms with E-state index >= 15 is 0 Å². The van der Waals surface area contributed by atoms with E-state index in [4.69, 9.17) is 0 Å². The van der Waals surface area contributed by atoms with Gasteiger partial charge in [0.1, 0.15) is 0 Å². The Balaban J connectivity index is 0. The van der Waals surface area contributed by atoms with Gasteiger partial charge in [-0.15, -0.1) is 13.1 Å². The average Bonchev–Trinajstić information content (AvgIpc) is 1.25. The molecule has 0 saturated carbocycles. The van der Waals surface area contributed by atoms with Gasteiger partial charge in [-0.05, 0) is 0 Å². The van der Waals surface area contributed by atoms with Crippen molar-refractivity contribution in [1.29, 1.82) is 0 Å². The number of hydrogen-bond acceptors (Lipinski definition) is 0. The second-order valence-electron chi connectivity index (χ2n) is 3.88. The van der Waals surface area contributed by atoms with Gasteiger partial charge in [0.15, 0.2) is 0 Å². The second kappa shape index (κ2) is 3.43. The average molecular weight is 150 g/mol. The fourth-order valence-electron chi connectivity index (χ4n) is 0. The Labute approximate surface area is 75.2 Å². The van der Waals surface area contributed by atoms with Gasteiger partial charge in [0.25, 0.3) is 0 Å². The van der Waals surface area contributed by atoms with Crippen LogP contribution < -0.4 is 18.9 Å². The third-order valence-corrected chi connectivity index (χ3v) is 7.88. The van der Waals surface area contributed by atoms with E-state index in [1.807, 2.05) is 0 Å². The van der Waals surface area contributed by atoms with E-state index in [0.29, 0.717) is 5.04 Å². The molecule has 0 heterocycles. The molecule has 0 spiro atoms. The molecule has 0 aliphatic carbocycles. The number of hydrogen-bond donors (Lipinski definition) is 0. The molecule has 2 radical (unpaired) electrons. The zero-order valence-corrected chi connectivity index (χ0v) is 9.50. The van der Waals surface area contributed by atoms with Gasteiger partial charge in [-0.3, -0.25) is 0 Å². The molecule has 0 bridgehead atoms. The summed E-state index contributed by atoms with van der Waals surface area (Å²) >= 11 is 0. The standard InChI is InChI=1S/C6H15Si2.Li/c1-6(2,3)8(4,5)7;/h1-5H3;/q-1;+1. The maximum atomic E-state index is 3.79. The van der Waals surface area contributed by atoms with E-state index < -0.39 is 7.59 Å². The van der Waals surface area contributed by atoms with Crippen LogP contribution in [-0.4, -0.2) is 17.4 Å². The summed E-state index contributed by atoms with van der Waals surface area (Å²) in [7, 11) is 2.73. The van der Waals surface area contributed by atoms with Gasteiger partial charge in [0, 0.05) is 0 Å². The first-order valence-electron chi connectivity index (χ1n) is 3.00. The normalized spacial score (nSPS) is 12.7. The maximum absolute atomic E-state index is 3.79. The molecule has 0 aliphatic rings. The molecule has 0 atom stereocenters. The monoisotopic (exact) mass is 150 g/mol. The van der Waals surface area contributed by atoms with Crippen LogP contribution in [0.15, 0.2) is 0 Å². The van der Waals surface area contributed by atoms with Crippen molar-refractivity contribution in [3.05, 3.63) is 0 Å². The Morgan fingerprint density at radius 2 is 1.22 bits per heavy atom. The molecule has 0 rings (SSSR count). The van der Waals surface area contributed by atoms with Crippen molar-refractivity contribution >= 4 is 17.4 Å². The van der Waals surface area contributed by atoms with Crippen molar-refractivity contribution in [1.82, 2.24) is 0 Å². The molecule has 0 nitrogen and oxygen atoms in total. The smallest absolute Gasteiger partial charge is 0.671 e. The number of rotatable bonds is 0. The first kappa shape index (κ1) is 12.7. The summed E-state index contributed by atoms with van der Waals surface area (Å²) in [6.45, 7) is 11.5. The maximum Gasteiger partial charge on any atom is 1.00 e. The van der Waals surface area contributed by atoms with Gasteiger partial charge in [0.2, 0.25) is 0 Å². The molecule has 48 valence electrons. The van der Waals surface area contributed by atoms with Gasteiger partial charge in [-0.25, -0.2) is 0 Å². The minimum atomic E-state index is -1.05. The Bertz CT molecular complexity index is 66.0. The van der Waals surface area contributed by atoms with Crippen LogP contribution in [0, 0.1) is 0 Å². The predicted octanol–water partition coefficient (Wildman–Crippen LogP) is -0.836. The van der Waals surface area contributed by atoms with Crippen molar-refractivity contribution in [2.75, 3.05) is 0 Å². The molecule has 0 aromatic carbocycles. The third kappa shape index (κ3) is 4.44. The van der Waals surface area contributed by atoms with Crippen LogP contribution >= 0.6 is 0 Å². The van der Waals surface area contributed by atoms with E-state index in [1.165, 1.54) is 0 Å². The first-order chi connectivity index (χ1) is 3.25. The van der Waals surface area contributed by atoms with Crippen molar-refractivity contribution < 1.29 is 18.9 Å². The molecule has 0 aromatic rings. The summed E-state index contributed by atoms with van der Waals surface area (Å²) in [5, 5.41) is 0.490. The van der Waals surface area contributed by atoms with Crippen LogP contribution in [0.2, 0.25) is 18.1 Å². The van der Waals surface area contributed by atoms with Crippen molar-refractivity contribution in [2.24, 2.45) is 0 Å². The van der Waals surface area contributed by atoms with Crippen LogP contribution in [0.5, 0.6) is 0 Å². The predicted molar refractivity (Wildman–Crippen MR) is 43.0 cm³/mol. The fourth-order valence-corrected chi connectivity index (χ4v) is 0. The van der Waals surface area contributed by atoms with Gasteiger partial charge >= 0.3 is 18.9 Å². The largest absolute Gasteiger partial charge is 1.00 e. The Morgan fingerprint density at radius 1 is 1.11 bits per heavy atom. The van der Waals surface area contributed by atoms with E-state index in [0.717, 1.165) is 0 Å². The summed E-state index contributed by atoms with van der Waals surface area (Å²) < 4.78 is 0. The third-order valence-electron chi connectivity index (χ3n) is 1.88. The van der Waals surface area contributed by atoms with Gasteiger partial charge in [-0.1, -0.05) is 25.8 Å². The molecule has 3 heteroatoms. The fraction of sp³-hybridized carbons (Fsp3) is 1.00. The van der Waals surface area contributed by atoms with Crippen LogP contribution in [0.25, 0.3) is 0 Å². The van der Waals surface area contributed by atoms with Crippen LogP contribution in [0.1, 0.15) is 20.8 Å². The Kier molecular flexibility index (Phi) is 4.83. The van der Waals surface area contributed by atoms with E-state index in [9.17, 15) is 0 Å². The molecule has 0 saturated heterocycles. The summed E-state index contributed by atoms with van der Waals surface area (Å²) in [5.74, 6) is 0. The van der Waals surface area contributed by atoms with E-state index in [2.05, 4.69) is 43.6 Å². The topological polar surface area (TPSA) is 0 Å². The van der Waals surface area contributed by atoms with Gasteiger partial charge < -0.3 is 9.76 Å².